The third-order valence-corrected chi connectivity index (χ3v) is 6.07. The van der Waals surface area contributed by atoms with E-state index in [9.17, 15) is 14.4 Å². The van der Waals surface area contributed by atoms with Gasteiger partial charge in [0.1, 0.15) is 6.61 Å². The lowest BCUT2D eigenvalue weighted by Gasteiger charge is -2.17. The van der Waals surface area contributed by atoms with E-state index in [1.807, 2.05) is 67.8 Å². The first-order valence-electron chi connectivity index (χ1n) is 6.65. The zero-order valence-corrected chi connectivity index (χ0v) is 19.8. The van der Waals surface area contributed by atoms with Crippen LogP contribution in [0.1, 0.15) is 20.7 Å². The Hall–Kier alpha value is -0.480. The summed E-state index contributed by atoms with van der Waals surface area (Å²) in [4.78, 5) is 36.4. The second kappa shape index (κ2) is 10.6. The van der Waals surface area contributed by atoms with E-state index in [1.54, 1.807) is 0 Å². The molecule has 10 heteroatoms. The number of rotatable bonds is 7. The largest absolute Gasteiger partial charge is 0.465 e. The lowest BCUT2D eigenvalue weighted by atomic mass is 10.1. The number of ether oxygens (including phenoxy) is 3. The van der Waals surface area contributed by atoms with Crippen molar-refractivity contribution in [3.05, 3.63) is 34.5 Å². The van der Waals surface area contributed by atoms with Crippen molar-refractivity contribution in [1.29, 1.82) is 0 Å². The van der Waals surface area contributed by atoms with Crippen molar-refractivity contribution in [3.8, 4) is 0 Å². The number of carbonyl (C=O) groups is 3. The van der Waals surface area contributed by atoms with Gasteiger partial charge in [-0.05, 0) is 67.8 Å². The maximum atomic E-state index is 12.1. The highest BCUT2D eigenvalue weighted by atomic mass is 127. The summed E-state index contributed by atoms with van der Waals surface area (Å²) in [6.07, 6.45) is 1.52. The first-order chi connectivity index (χ1) is 11.8. The Balaban J connectivity index is 3.45. The Morgan fingerprint density at radius 3 is 1.88 bits per heavy atom. The van der Waals surface area contributed by atoms with Crippen molar-refractivity contribution in [2.75, 3.05) is 32.8 Å². The number of methoxy groups -OCH3 is 2. The number of benzene rings is 1. The minimum atomic E-state index is -0.617. The van der Waals surface area contributed by atoms with Crippen LogP contribution in [0.3, 0.4) is 0 Å². The topological polar surface area (TPSA) is 90.9 Å². The van der Waals surface area contributed by atoms with Gasteiger partial charge in [-0.25, -0.2) is 9.59 Å². The molecule has 0 bridgehead atoms. The third kappa shape index (κ3) is 5.50. The minimum Gasteiger partial charge on any atom is -0.465 e. The Bertz CT molecular complexity index is 677. The maximum Gasteiger partial charge on any atom is 0.340 e. The van der Waals surface area contributed by atoms with Crippen LogP contribution in [0.5, 0.6) is 0 Å². The van der Waals surface area contributed by atoms with Crippen LogP contribution < -0.4 is 5.32 Å². The van der Waals surface area contributed by atoms with Gasteiger partial charge < -0.3 is 19.5 Å². The molecule has 1 aromatic carbocycles. The number of halogens is 3. The smallest absolute Gasteiger partial charge is 0.340 e. The summed E-state index contributed by atoms with van der Waals surface area (Å²) in [5.41, 5.74) is 0.702. The van der Waals surface area contributed by atoms with Gasteiger partial charge in [-0.3, -0.25) is 4.79 Å². The van der Waals surface area contributed by atoms with Gasteiger partial charge in [0.05, 0.1) is 44.8 Å². The minimum absolute atomic E-state index is 0.187. The van der Waals surface area contributed by atoms with E-state index in [4.69, 9.17) is 14.2 Å². The maximum absolute atomic E-state index is 12.1. The average molecular weight is 685 g/mol. The molecule has 1 N–H and O–H groups in total. The van der Waals surface area contributed by atoms with Crippen LogP contribution in [0.15, 0.2) is 12.7 Å². The number of hydrogen-bond donors (Lipinski definition) is 1. The molecule has 25 heavy (non-hydrogen) atoms. The fourth-order valence-corrected chi connectivity index (χ4v) is 6.06. The molecule has 1 amide bonds. The summed E-state index contributed by atoms with van der Waals surface area (Å²) >= 11 is 5.74. The quantitative estimate of drug-likeness (QED) is 0.206. The molecule has 0 aliphatic heterocycles. The van der Waals surface area contributed by atoms with Crippen molar-refractivity contribution in [2.45, 2.75) is 0 Å². The first kappa shape index (κ1) is 22.6. The highest BCUT2D eigenvalue weighted by Gasteiger charge is 2.29. The van der Waals surface area contributed by atoms with Gasteiger partial charge in [-0.1, -0.05) is 6.08 Å². The number of esters is 2. The molecule has 1 aromatic rings. The van der Waals surface area contributed by atoms with Gasteiger partial charge in [0, 0.05) is 3.57 Å². The molecule has 0 atom stereocenters. The predicted molar refractivity (Wildman–Crippen MR) is 117 cm³/mol. The predicted octanol–water partition coefficient (Wildman–Crippen LogP) is 3.21. The number of carbonyl (C=O) groups excluding carboxylic acids is 3. The number of anilines is 1. The fraction of sp³-hybridized carbons (Fsp3) is 0.267. The van der Waals surface area contributed by atoms with Crippen LogP contribution >= 0.6 is 67.8 Å². The highest BCUT2D eigenvalue weighted by Crippen LogP contribution is 2.36. The van der Waals surface area contributed by atoms with Crippen molar-refractivity contribution in [1.82, 2.24) is 0 Å². The average Bonchev–Trinajstić information content (AvgIpc) is 2.58. The van der Waals surface area contributed by atoms with Crippen molar-refractivity contribution >= 4 is 91.3 Å². The SMILES string of the molecule is C=CCOCC(=O)Nc1c(I)c(C(=O)OC)c(I)c(C(=O)OC)c1I. The summed E-state index contributed by atoms with van der Waals surface area (Å²) < 4.78 is 16.0. The molecule has 0 spiro atoms. The normalized spacial score (nSPS) is 10.1. The molecule has 1 rings (SSSR count). The Kier molecular flexibility index (Phi) is 9.58. The van der Waals surface area contributed by atoms with E-state index in [2.05, 4.69) is 11.9 Å². The summed E-state index contributed by atoms with van der Waals surface area (Å²) in [6.45, 7) is 3.54. The zero-order valence-electron chi connectivity index (χ0n) is 13.3. The number of hydrogen-bond acceptors (Lipinski definition) is 6. The molecule has 0 aromatic heterocycles. The summed E-state index contributed by atoms with van der Waals surface area (Å²) in [6, 6.07) is 0. The van der Waals surface area contributed by atoms with Crippen LogP contribution in [0.2, 0.25) is 0 Å². The molecule has 0 fully saturated rings. The van der Waals surface area contributed by atoms with Crippen molar-refractivity contribution in [2.24, 2.45) is 0 Å². The van der Waals surface area contributed by atoms with Crippen LogP contribution in [0, 0.1) is 10.7 Å². The molecule has 136 valence electrons. The monoisotopic (exact) mass is 685 g/mol. The molecule has 7 nitrogen and oxygen atoms in total. The number of nitrogens with one attached hydrogen (secondary N) is 1. The zero-order chi connectivity index (χ0) is 19.1. The first-order valence-corrected chi connectivity index (χ1v) is 9.89. The van der Waals surface area contributed by atoms with Crippen molar-refractivity contribution < 1.29 is 28.6 Å². The highest BCUT2D eigenvalue weighted by molar-refractivity contribution is 14.1. The van der Waals surface area contributed by atoms with E-state index >= 15 is 0 Å². The van der Waals surface area contributed by atoms with Gasteiger partial charge in [0.2, 0.25) is 5.91 Å². The van der Waals surface area contributed by atoms with Gasteiger partial charge >= 0.3 is 11.9 Å². The molecule has 0 aliphatic carbocycles. The molecule has 0 aliphatic rings. The Labute approximate surface area is 185 Å². The van der Waals surface area contributed by atoms with Crippen molar-refractivity contribution in [3.63, 3.8) is 0 Å². The second-order valence-corrected chi connectivity index (χ2v) is 7.64. The van der Waals surface area contributed by atoms with Gasteiger partial charge in [-0.15, -0.1) is 6.58 Å². The van der Waals surface area contributed by atoms with E-state index in [1.165, 1.54) is 20.3 Å². The molecule has 0 saturated carbocycles. The molecular formula is C15H14I3NO6. The molecule has 0 heterocycles. The fourth-order valence-electron chi connectivity index (χ4n) is 1.75. The Morgan fingerprint density at radius 2 is 1.48 bits per heavy atom. The van der Waals surface area contributed by atoms with Crippen LogP contribution in [-0.2, 0) is 19.0 Å². The molecule has 0 saturated heterocycles. The van der Waals surface area contributed by atoms with E-state index in [0.29, 0.717) is 16.4 Å². The number of amides is 1. The van der Waals surface area contributed by atoms with Gasteiger partial charge in [-0.2, -0.15) is 0 Å². The lowest BCUT2D eigenvalue weighted by Crippen LogP contribution is -2.23. The summed E-state index contributed by atoms with van der Waals surface area (Å²) in [7, 11) is 2.48. The van der Waals surface area contributed by atoms with Gasteiger partial charge in [0.15, 0.2) is 0 Å². The molecule has 0 unspecified atom stereocenters. The standard InChI is InChI=1S/C15H14I3NO6/c1-4-5-25-6-7(20)19-13-11(17)8(14(21)23-2)10(16)9(12(13)18)15(22)24-3/h4H,1,5-6H2,2-3H3,(H,19,20). The Morgan fingerprint density at radius 1 is 1.00 bits per heavy atom. The lowest BCUT2D eigenvalue weighted by molar-refractivity contribution is -0.120. The van der Waals surface area contributed by atoms with E-state index in [0.717, 1.165) is 0 Å². The third-order valence-electron chi connectivity index (χ3n) is 2.83. The molecule has 0 radical (unpaired) electrons. The van der Waals surface area contributed by atoms with E-state index < -0.39 is 17.8 Å². The summed E-state index contributed by atoms with van der Waals surface area (Å²) in [5, 5.41) is 2.67. The van der Waals surface area contributed by atoms with E-state index in [-0.39, 0.29) is 24.3 Å². The van der Waals surface area contributed by atoms with Crippen LogP contribution in [0.4, 0.5) is 5.69 Å². The molecular weight excluding hydrogens is 671 g/mol. The van der Waals surface area contributed by atoms with Crippen LogP contribution in [-0.4, -0.2) is 45.3 Å². The van der Waals surface area contributed by atoms with Gasteiger partial charge in [0.25, 0.3) is 0 Å². The second-order valence-electron chi connectivity index (χ2n) is 4.40. The van der Waals surface area contributed by atoms with Crippen LogP contribution in [0.25, 0.3) is 0 Å². The summed E-state index contributed by atoms with van der Waals surface area (Å²) in [5.74, 6) is -1.66.